The van der Waals surface area contributed by atoms with Crippen LogP contribution in [0.2, 0.25) is 0 Å². The zero-order valence-electron chi connectivity index (χ0n) is 6.49. The maximum absolute atomic E-state index is 8.79. The second kappa shape index (κ2) is 3.34. The molecule has 1 rings (SSSR count). The number of aliphatic hydroxyl groups is 1. The normalized spacial score (nSPS) is 12.9. The topological polar surface area (TPSA) is 59.1 Å². The molecule has 0 saturated carbocycles. The molecule has 0 amide bonds. The lowest BCUT2D eigenvalue weighted by atomic mass is 10.1. The molecule has 0 aliphatic heterocycles. The SMILES string of the molecule is C[C@H](CO)c1ccc(N)cn1. The van der Waals surface area contributed by atoms with Gasteiger partial charge in [0.15, 0.2) is 0 Å². The van der Waals surface area contributed by atoms with E-state index in [1.165, 1.54) is 0 Å². The molecule has 1 aromatic rings. The van der Waals surface area contributed by atoms with Crippen LogP contribution >= 0.6 is 0 Å². The Kier molecular flexibility index (Phi) is 2.44. The Labute approximate surface area is 65.9 Å². The summed E-state index contributed by atoms with van der Waals surface area (Å²) in [6.45, 7) is 2.04. The van der Waals surface area contributed by atoms with E-state index in [4.69, 9.17) is 10.8 Å². The molecule has 1 aromatic heterocycles. The summed E-state index contributed by atoms with van der Waals surface area (Å²) in [6.07, 6.45) is 1.60. The van der Waals surface area contributed by atoms with Crippen LogP contribution in [-0.4, -0.2) is 16.7 Å². The van der Waals surface area contributed by atoms with Crippen LogP contribution in [0.1, 0.15) is 18.5 Å². The number of aliphatic hydroxyl groups excluding tert-OH is 1. The predicted octanol–water partition coefficient (Wildman–Crippen LogP) is 0.760. The number of nitrogen functional groups attached to an aromatic ring is 1. The van der Waals surface area contributed by atoms with E-state index >= 15 is 0 Å². The lowest BCUT2D eigenvalue weighted by Crippen LogP contribution is -2.01. The minimum atomic E-state index is 0.0931. The molecule has 3 heteroatoms. The van der Waals surface area contributed by atoms with Gasteiger partial charge in [0.2, 0.25) is 0 Å². The van der Waals surface area contributed by atoms with Crippen molar-refractivity contribution < 1.29 is 5.11 Å². The fourth-order valence-corrected chi connectivity index (χ4v) is 0.802. The molecule has 0 spiro atoms. The lowest BCUT2D eigenvalue weighted by Gasteiger charge is -2.05. The summed E-state index contributed by atoms with van der Waals surface area (Å²) < 4.78 is 0. The van der Waals surface area contributed by atoms with E-state index in [0.29, 0.717) is 5.69 Å². The van der Waals surface area contributed by atoms with Crippen LogP contribution in [0.5, 0.6) is 0 Å². The number of rotatable bonds is 2. The van der Waals surface area contributed by atoms with Crippen molar-refractivity contribution in [3.05, 3.63) is 24.0 Å². The predicted molar refractivity (Wildman–Crippen MR) is 44.2 cm³/mol. The number of hydrogen-bond donors (Lipinski definition) is 2. The summed E-state index contributed by atoms with van der Waals surface area (Å²) >= 11 is 0. The Balaban J connectivity index is 2.81. The van der Waals surface area contributed by atoms with Crippen LogP contribution < -0.4 is 5.73 Å². The van der Waals surface area contributed by atoms with E-state index in [1.807, 2.05) is 13.0 Å². The van der Waals surface area contributed by atoms with Gasteiger partial charge in [0.05, 0.1) is 18.5 Å². The van der Waals surface area contributed by atoms with Crippen LogP contribution in [0, 0.1) is 0 Å². The van der Waals surface area contributed by atoms with E-state index in [2.05, 4.69) is 4.98 Å². The molecule has 0 aliphatic carbocycles. The fraction of sp³-hybridized carbons (Fsp3) is 0.375. The molecule has 3 N–H and O–H groups in total. The van der Waals surface area contributed by atoms with Crippen molar-refractivity contribution in [3.8, 4) is 0 Å². The second-order valence-corrected chi connectivity index (χ2v) is 2.60. The molecule has 3 nitrogen and oxygen atoms in total. The number of hydrogen-bond acceptors (Lipinski definition) is 3. The maximum atomic E-state index is 8.79. The first-order valence-electron chi connectivity index (χ1n) is 3.56. The summed E-state index contributed by atoms with van der Waals surface area (Å²) in [5, 5.41) is 8.79. The van der Waals surface area contributed by atoms with Crippen molar-refractivity contribution in [3.63, 3.8) is 0 Å². The average molecular weight is 152 g/mol. The number of nitrogens with zero attached hydrogens (tertiary/aromatic N) is 1. The van der Waals surface area contributed by atoms with Gasteiger partial charge in [0.1, 0.15) is 0 Å². The molecule has 0 aliphatic rings. The van der Waals surface area contributed by atoms with Crippen molar-refractivity contribution >= 4 is 5.69 Å². The third-order valence-electron chi connectivity index (χ3n) is 1.59. The third kappa shape index (κ3) is 1.91. The molecule has 0 aromatic carbocycles. The van der Waals surface area contributed by atoms with E-state index < -0.39 is 0 Å². The maximum Gasteiger partial charge on any atom is 0.0512 e. The molecule has 60 valence electrons. The number of aromatic nitrogens is 1. The van der Waals surface area contributed by atoms with Crippen LogP contribution in [0.15, 0.2) is 18.3 Å². The van der Waals surface area contributed by atoms with Crippen LogP contribution in [-0.2, 0) is 0 Å². The minimum Gasteiger partial charge on any atom is -0.397 e. The Hall–Kier alpha value is -1.09. The fourth-order valence-electron chi connectivity index (χ4n) is 0.802. The molecule has 11 heavy (non-hydrogen) atoms. The van der Waals surface area contributed by atoms with E-state index in [9.17, 15) is 0 Å². The highest BCUT2D eigenvalue weighted by molar-refractivity contribution is 5.35. The average Bonchev–Trinajstić information content (AvgIpc) is 2.05. The zero-order chi connectivity index (χ0) is 8.27. The number of pyridine rings is 1. The second-order valence-electron chi connectivity index (χ2n) is 2.60. The van der Waals surface area contributed by atoms with E-state index in [1.54, 1.807) is 12.3 Å². The highest BCUT2D eigenvalue weighted by atomic mass is 16.3. The summed E-state index contributed by atoms with van der Waals surface area (Å²) in [7, 11) is 0. The van der Waals surface area contributed by atoms with Gasteiger partial charge in [-0.1, -0.05) is 6.92 Å². The Morgan fingerprint density at radius 2 is 2.36 bits per heavy atom. The van der Waals surface area contributed by atoms with Gasteiger partial charge in [-0.25, -0.2) is 0 Å². The summed E-state index contributed by atoms with van der Waals surface area (Å²) in [4.78, 5) is 4.06. The molecule has 0 radical (unpaired) electrons. The third-order valence-corrected chi connectivity index (χ3v) is 1.59. The standard InChI is InChI=1S/C8H12N2O/c1-6(5-11)8-3-2-7(9)4-10-8/h2-4,6,11H,5,9H2,1H3/t6-/m1/s1. The molecule has 0 fully saturated rings. The van der Waals surface area contributed by atoms with Crippen LogP contribution in [0.3, 0.4) is 0 Å². The van der Waals surface area contributed by atoms with Gasteiger partial charge in [-0.15, -0.1) is 0 Å². The highest BCUT2D eigenvalue weighted by Gasteiger charge is 2.03. The Morgan fingerprint density at radius 1 is 1.64 bits per heavy atom. The number of anilines is 1. The zero-order valence-corrected chi connectivity index (χ0v) is 6.49. The van der Waals surface area contributed by atoms with Crippen molar-refractivity contribution in [2.24, 2.45) is 0 Å². The molecule has 1 atom stereocenters. The smallest absolute Gasteiger partial charge is 0.0512 e. The minimum absolute atomic E-state index is 0.0931. The van der Waals surface area contributed by atoms with Gasteiger partial charge in [0.25, 0.3) is 0 Å². The molecule has 1 heterocycles. The Morgan fingerprint density at radius 3 is 2.82 bits per heavy atom. The van der Waals surface area contributed by atoms with Crippen molar-refractivity contribution in [1.29, 1.82) is 0 Å². The lowest BCUT2D eigenvalue weighted by molar-refractivity contribution is 0.271. The van der Waals surface area contributed by atoms with E-state index in [0.717, 1.165) is 5.69 Å². The van der Waals surface area contributed by atoms with Gasteiger partial charge in [-0.3, -0.25) is 4.98 Å². The van der Waals surface area contributed by atoms with Gasteiger partial charge in [-0.2, -0.15) is 0 Å². The molecule has 0 bridgehead atoms. The Bertz CT molecular complexity index is 220. The quantitative estimate of drug-likeness (QED) is 0.657. The molecule has 0 unspecified atom stereocenters. The van der Waals surface area contributed by atoms with Gasteiger partial charge in [0, 0.05) is 11.6 Å². The van der Waals surface area contributed by atoms with Crippen LogP contribution in [0.4, 0.5) is 5.69 Å². The monoisotopic (exact) mass is 152 g/mol. The largest absolute Gasteiger partial charge is 0.397 e. The van der Waals surface area contributed by atoms with Crippen molar-refractivity contribution in [1.82, 2.24) is 4.98 Å². The first kappa shape index (κ1) is 8.01. The molecular formula is C8H12N2O. The van der Waals surface area contributed by atoms with Crippen molar-refractivity contribution in [2.75, 3.05) is 12.3 Å². The highest BCUT2D eigenvalue weighted by Crippen LogP contribution is 2.11. The van der Waals surface area contributed by atoms with Crippen LogP contribution in [0.25, 0.3) is 0 Å². The van der Waals surface area contributed by atoms with Crippen molar-refractivity contribution in [2.45, 2.75) is 12.8 Å². The summed E-state index contributed by atoms with van der Waals surface area (Å²) in [6, 6.07) is 3.62. The van der Waals surface area contributed by atoms with Gasteiger partial charge < -0.3 is 10.8 Å². The van der Waals surface area contributed by atoms with Gasteiger partial charge >= 0.3 is 0 Å². The first-order valence-corrected chi connectivity index (χ1v) is 3.56. The summed E-state index contributed by atoms with van der Waals surface area (Å²) in [5.74, 6) is 0.0931. The summed E-state index contributed by atoms with van der Waals surface area (Å²) in [5.41, 5.74) is 6.97. The molecular weight excluding hydrogens is 140 g/mol. The molecule has 0 saturated heterocycles. The first-order chi connectivity index (χ1) is 5.24. The van der Waals surface area contributed by atoms with E-state index in [-0.39, 0.29) is 12.5 Å². The number of nitrogens with two attached hydrogens (primary N) is 1. The van der Waals surface area contributed by atoms with Gasteiger partial charge in [-0.05, 0) is 12.1 Å².